The maximum Gasteiger partial charge on any atom is 0.121 e. The Hall–Kier alpha value is -1.39. The molecule has 0 radical (unpaired) electrons. The van der Waals surface area contributed by atoms with Gasteiger partial charge in [0.05, 0.1) is 6.61 Å². The van der Waals surface area contributed by atoms with E-state index in [1.54, 1.807) is 14.2 Å². The lowest BCUT2D eigenvalue weighted by atomic mass is 9.88. The van der Waals surface area contributed by atoms with Crippen LogP contribution in [0.15, 0.2) is 23.2 Å². The molecule has 4 heteroatoms. The third-order valence-electron chi connectivity index (χ3n) is 3.00. The van der Waals surface area contributed by atoms with Crippen LogP contribution >= 0.6 is 0 Å². The summed E-state index contributed by atoms with van der Waals surface area (Å²) in [7, 11) is 3.25. The molecular formula is C15H24N2O2. The standard InChI is InChI=1S/C13H18N2O.C2H6O/c1-9-4-5-10(2)11(6-9)13(3)8-16-7-12(14)15-13;1-3-2/h4-6H,7-8H2,1-3H3,(H2,14,15);1-2H3. The van der Waals surface area contributed by atoms with E-state index in [0.717, 1.165) is 0 Å². The van der Waals surface area contributed by atoms with Crippen LogP contribution < -0.4 is 5.73 Å². The molecule has 0 saturated heterocycles. The molecular weight excluding hydrogens is 240 g/mol. The number of hydrogen-bond donors (Lipinski definition) is 1. The van der Waals surface area contributed by atoms with E-state index in [9.17, 15) is 0 Å². The number of benzene rings is 1. The zero-order chi connectivity index (χ0) is 14.5. The van der Waals surface area contributed by atoms with Crippen LogP contribution in [0.1, 0.15) is 23.6 Å². The van der Waals surface area contributed by atoms with Gasteiger partial charge in [-0.25, -0.2) is 0 Å². The molecule has 0 spiro atoms. The number of methoxy groups -OCH3 is 1. The first kappa shape index (κ1) is 15.7. The second-order valence-electron chi connectivity index (χ2n) is 5.10. The SMILES string of the molecule is COC.Cc1ccc(C)c(C2(C)COCC(N)=N2)c1. The van der Waals surface area contributed by atoms with Gasteiger partial charge >= 0.3 is 0 Å². The average molecular weight is 264 g/mol. The fraction of sp³-hybridized carbons (Fsp3) is 0.533. The first-order chi connectivity index (χ1) is 8.92. The van der Waals surface area contributed by atoms with Gasteiger partial charge in [0.15, 0.2) is 0 Å². The van der Waals surface area contributed by atoms with Gasteiger partial charge in [-0.15, -0.1) is 0 Å². The summed E-state index contributed by atoms with van der Waals surface area (Å²) in [6, 6.07) is 6.40. The van der Waals surface area contributed by atoms with Crippen molar-refractivity contribution >= 4 is 5.84 Å². The Morgan fingerprint density at radius 3 is 2.53 bits per heavy atom. The average Bonchev–Trinajstić information content (AvgIpc) is 2.33. The molecule has 1 aromatic rings. The van der Waals surface area contributed by atoms with Crippen LogP contribution in [0.3, 0.4) is 0 Å². The number of aliphatic imine (C=N–C) groups is 1. The van der Waals surface area contributed by atoms with Gasteiger partial charge in [0.1, 0.15) is 18.0 Å². The first-order valence-corrected chi connectivity index (χ1v) is 6.32. The Labute approximate surface area is 115 Å². The van der Waals surface area contributed by atoms with E-state index >= 15 is 0 Å². The van der Waals surface area contributed by atoms with Crippen molar-refractivity contribution in [3.8, 4) is 0 Å². The third kappa shape index (κ3) is 4.04. The molecule has 2 rings (SSSR count). The minimum Gasteiger partial charge on any atom is -0.388 e. The fourth-order valence-corrected chi connectivity index (χ4v) is 2.19. The van der Waals surface area contributed by atoms with E-state index in [1.165, 1.54) is 16.7 Å². The smallest absolute Gasteiger partial charge is 0.121 e. The number of nitrogens with two attached hydrogens (primary N) is 1. The van der Waals surface area contributed by atoms with Gasteiger partial charge in [-0.05, 0) is 31.9 Å². The molecule has 1 atom stereocenters. The molecule has 19 heavy (non-hydrogen) atoms. The van der Waals surface area contributed by atoms with Gasteiger partial charge in [0, 0.05) is 14.2 Å². The van der Waals surface area contributed by atoms with Crippen molar-refractivity contribution in [2.75, 3.05) is 27.4 Å². The minimum absolute atomic E-state index is 0.335. The topological polar surface area (TPSA) is 56.8 Å². The molecule has 1 heterocycles. The van der Waals surface area contributed by atoms with Crippen molar-refractivity contribution in [3.63, 3.8) is 0 Å². The Kier molecular flexibility index (Phi) is 5.51. The molecule has 0 fully saturated rings. The molecule has 106 valence electrons. The van der Waals surface area contributed by atoms with E-state index in [0.29, 0.717) is 19.0 Å². The Balaban J connectivity index is 0.000000550. The highest BCUT2D eigenvalue weighted by atomic mass is 16.5. The van der Waals surface area contributed by atoms with Crippen LogP contribution in [0, 0.1) is 13.8 Å². The third-order valence-corrected chi connectivity index (χ3v) is 3.00. The van der Waals surface area contributed by atoms with Gasteiger partial charge in [-0.1, -0.05) is 23.8 Å². The molecule has 4 nitrogen and oxygen atoms in total. The van der Waals surface area contributed by atoms with Crippen LogP contribution in [-0.4, -0.2) is 33.3 Å². The van der Waals surface area contributed by atoms with Crippen molar-refractivity contribution in [1.29, 1.82) is 0 Å². The maximum absolute atomic E-state index is 5.76. The normalized spacial score (nSPS) is 22.3. The zero-order valence-corrected chi connectivity index (χ0v) is 12.5. The van der Waals surface area contributed by atoms with Crippen LogP contribution in [0.5, 0.6) is 0 Å². The number of aryl methyl sites for hydroxylation is 2. The van der Waals surface area contributed by atoms with E-state index < -0.39 is 0 Å². The lowest BCUT2D eigenvalue weighted by molar-refractivity contribution is 0.105. The molecule has 0 bridgehead atoms. The Morgan fingerprint density at radius 2 is 1.95 bits per heavy atom. The van der Waals surface area contributed by atoms with Gasteiger partial charge in [0.2, 0.25) is 0 Å². The van der Waals surface area contributed by atoms with Crippen LogP contribution in [0.25, 0.3) is 0 Å². The van der Waals surface area contributed by atoms with Crippen molar-refractivity contribution in [1.82, 2.24) is 0 Å². The predicted octanol–water partition coefficient (Wildman–Crippen LogP) is 2.17. The quantitative estimate of drug-likeness (QED) is 0.845. The predicted molar refractivity (Wildman–Crippen MR) is 78.6 cm³/mol. The highest BCUT2D eigenvalue weighted by Gasteiger charge is 2.31. The number of nitrogens with zero attached hydrogens (tertiary/aromatic N) is 1. The monoisotopic (exact) mass is 264 g/mol. The van der Waals surface area contributed by atoms with E-state index in [2.05, 4.69) is 48.7 Å². The minimum atomic E-state index is -0.335. The number of hydrogen-bond acceptors (Lipinski definition) is 4. The molecule has 1 aliphatic rings. The lowest BCUT2D eigenvalue weighted by Crippen LogP contribution is -2.38. The number of rotatable bonds is 1. The molecule has 0 aliphatic carbocycles. The second-order valence-corrected chi connectivity index (χ2v) is 5.10. The zero-order valence-electron chi connectivity index (χ0n) is 12.5. The highest BCUT2D eigenvalue weighted by molar-refractivity contribution is 5.82. The highest BCUT2D eigenvalue weighted by Crippen LogP contribution is 2.31. The summed E-state index contributed by atoms with van der Waals surface area (Å²) in [5, 5.41) is 0. The summed E-state index contributed by atoms with van der Waals surface area (Å²) in [6.07, 6.45) is 0. The fourth-order valence-electron chi connectivity index (χ4n) is 2.19. The summed E-state index contributed by atoms with van der Waals surface area (Å²) < 4.78 is 9.74. The molecule has 1 aromatic carbocycles. The molecule has 1 unspecified atom stereocenters. The second kappa shape index (κ2) is 6.68. The molecule has 0 amide bonds. The van der Waals surface area contributed by atoms with Crippen molar-refractivity contribution in [3.05, 3.63) is 34.9 Å². The molecule has 0 saturated carbocycles. The maximum atomic E-state index is 5.76. The summed E-state index contributed by atoms with van der Waals surface area (Å²) in [6.45, 7) is 7.29. The largest absolute Gasteiger partial charge is 0.388 e. The summed E-state index contributed by atoms with van der Waals surface area (Å²) >= 11 is 0. The van der Waals surface area contributed by atoms with Crippen LogP contribution in [0.4, 0.5) is 0 Å². The summed E-state index contributed by atoms with van der Waals surface area (Å²) in [5.41, 5.74) is 9.10. The van der Waals surface area contributed by atoms with Gasteiger partial charge in [0.25, 0.3) is 0 Å². The summed E-state index contributed by atoms with van der Waals surface area (Å²) in [4.78, 5) is 4.56. The first-order valence-electron chi connectivity index (χ1n) is 6.32. The molecule has 2 N–H and O–H groups in total. The van der Waals surface area contributed by atoms with Gasteiger partial charge < -0.3 is 15.2 Å². The van der Waals surface area contributed by atoms with Gasteiger partial charge in [-0.2, -0.15) is 0 Å². The van der Waals surface area contributed by atoms with Crippen molar-refractivity contribution < 1.29 is 9.47 Å². The molecule has 1 aliphatic heterocycles. The van der Waals surface area contributed by atoms with Crippen molar-refractivity contribution in [2.45, 2.75) is 26.3 Å². The number of amidine groups is 1. The van der Waals surface area contributed by atoms with Crippen LogP contribution in [0.2, 0.25) is 0 Å². The van der Waals surface area contributed by atoms with E-state index in [1.807, 2.05) is 0 Å². The van der Waals surface area contributed by atoms with E-state index in [-0.39, 0.29) is 5.54 Å². The molecule has 0 aromatic heterocycles. The van der Waals surface area contributed by atoms with Crippen molar-refractivity contribution in [2.24, 2.45) is 10.7 Å². The van der Waals surface area contributed by atoms with Gasteiger partial charge in [-0.3, -0.25) is 4.99 Å². The lowest BCUT2D eigenvalue weighted by Gasteiger charge is -2.31. The summed E-state index contributed by atoms with van der Waals surface area (Å²) in [5.74, 6) is 0.578. The Morgan fingerprint density at radius 1 is 1.32 bits per heavy atom. The Bertz CT molecular complexity index is 457. The van der Waals surface area contributed by atoms with E-state index in [4.69, 9.17) is 10.5 Å². The number of ether oxygens (including phenoxy) is 2. The van der Waals surface area contributed by atoms with Crippen LogP contribution in [-0.2, 0) is 15.0 Å².